The Labute approximate surface area is 156 Å². The van der Waals surface area contributed by atoms with E-state index in [0.717, 1.165) is 28.8 Å². The fourth-order valence-electron chi connectivity index (χ4n) is 3.27. The van der Waals surface area contributed by atoms with Crippen molar-refractivity contribution < 1.29 is 22.0 Å². The maximum absolute atomic E-state index is 14.0. The predicted octanol–water partition coefficient (Wildman–Crippen LogP) is 1.66. The Kier molecular flexibility index (Phi) is 5.29. The number of sulfonamides is 1. The Morgan fingerprint density at radius 3 is 2.67 bits per heavy atom. The minimum absolute atomic E-state index is 0.120. The third kappa shape index (κ3) is 4.01. The Morgan fingerprint density at radius 1 is 1.30 bits per heavy atom. The van der Waals surface area contributed by atoms with Crippen LogP contribution in [0.5, 0.6) is 0 Å². The van der Waals surface area contributed by atoms with E-state index in [0.29, 0.717) is 25.2 Å². The number of aryl methyl sites for hydroxylation is 1. The first-order chi connectivity index (χ1) is 12.7. The van der Waals surface area contributed by atoms with Gasteiger partial charge < -0.3 is 0 Å². The van der Waals surface area contributed by atoms with Gasteiger partial charge in [-0.1, -0.05) is 0 Å². The van der Waals surface area contributed by atoms with Gasteiger partial charge in [0.2, 0.25) is 15.9 Å². The molecular weight excluding hydrogens is 378 g/mol. The number of hydrogen-bond acceptors (Lipinski definition) is 4. The minimum atomic E-state index is -3.85. The molecule has 1 unspecified atom stereocenters. The number of hydrogen-bond donors (Lipinski definition) is 0. The third-order valence-corrected chi connectivity index (χ3v) is 5.83. The van der Waals surface area contributed by atoms with E-state index in [2.05, 4.69) is 5.10 Å². The van der Waals surface area contributed by atoms with Crippen LogP contribution in [0.1, 0.15) is 18.4 Å². The van der Waals surface area contributed by atoms with Gasteiger partial charge in [0, 0.05) is 31.8 Å². The van der Waals surface area contributed by atoms with Crippen LogP contribution in [0.15, 0.2) is 30.5 Å². The van der Waals surface area contributed by atoms with Crippen LogP contribution < -0.4 is 4.90 Å². The van der Waals surface area contributed by atoms with Crippen molar-refractivity contribution in [1.82, 2.24) is 14.1 Å². The van der Waals surface area contributed by atoms with E-state index in [9.17, 15) is 22.0 Å². The van der Waals surface area contributed by atoms with Crippen molar-refractivity contribution in [3.8, 4) is 0 Å². The zero-order valence-corrected chi connectivity index (χ0v) is 15.8. The molecule has 1 aliphatic rings. The van der Waals surface area contributed by atoms with Crippen molar-refractivity contribution in [3.05, 3.63) is 47.7 Å². The van der Waals surface area contributed by atoms with Crippen molar-refractivity contribution in [2.45, 2.75) is 25.4 Å². The molecule has 7 nitrogen and oxygen atoms in total. The number of piperidine rings is 1. The topological polar surface area (TPSA) is 75.5 Å². The first-order valence-electron chi connectivity index (χ1n) is 8.38. The monoisotopic (exact) mass is 398 g/mol. The predicted molar refractivity (Wildman–Crippen MR) is 95.3 cm³/mol. The van der Waals surface area contributed by atoms with Crippen molar-refractivity contribution in [1.29, 1.82) is 0 Å². The molecule has 1 fully saturated rings. The summed E-state index contributed by atoms with van der Waals surface area (Å²) in [4.78, 5) is 14.5. The normalized spacial score (nSPS) is 18.3. The number of nitrogens with zero attached hydrogens (tertiary/aromatic N) is 4. The van der Waals surface area contributed by atoms with E-state index in [1.165, 1.54) is 9.58 Å². The maximum atomic E-state index is 14.0. The highest BCUT2D eigenvalue weighted by Gasteiger charge is 2.39. The Morgan fingerprint density at radius 2 is 2.04 bits per heavy atom. The Hall–Kier alpha value is -2.33. The zero-order chi connectivity index (χ0) is 19.8. The van der Waals surface area contributed by atoms with Crippen LogP contribution in [-0.2, 0) is 28.4 Å². The molecule has 1 atom stereocenters. The summed E-state index contributed by atoms with van der Waals surface area (Å²) in [6.45, 7) is 0.0128. The highest BCUT2D eigenvalue weighted by atomic mass is 32.2. The van der Waals surface area contributed by atoms with Gasteiger partial charge in [0.05, 0.1) is 12.5 Å². The number of aromatic nitrogens is 2. The van der Waals surface area contributed by atoms with E-state index in [1.807, 2.05) is 0 Å². The molecule has 146 valence electrons. The van der Waals surface area contributed by atoms with Gasteiger partial charge in [-0.05, 0) is 31.0 Å². The van der Waals surface area contributed by atoms with Gasteiger partial charge in [0.1, 0.15) is 23.5 Å². The average Bonchev–Trinajstić information content (AvgIpc) is 3.01. The summed E-state index contributed by atoms with van der Waals surface area (Å²) in [6.07, 6.45) is 3.37. The molecule has 10 heteroatoms. The SMILES string of the molecule is Cn1nccc1N1CCCC(N(Cc2cc(F)ccc2F)S(C)(=O)=O)C1=O. The summed E-state index contributed by atoms with van der Waals surface area (Å²) in [5, 5.41) is 4.03. The summed E-state index contributed by atoms with van der Waals surface area (Å²) in [6, 6.07) is 3.51. The van der Waals surface area contributed by atoms with Crippen LogP contribution in [-0.4, -0.2) is 47.3 Å². The maximum Gasteiger partial charge on any atom is 0.246 e. The number of benzene rings is 1. The van der Waals surface area contributed by atoms with Crippen molar-refractivity contribution in [3.63, 3.8) is 0 Å². The van der Waals surface area contributed by atoms with E-state index >= 15 is 0 Å². The fourth-order valence-corrected chi connectivity index (χ4v) is 4.31. The van der Waals surface area contributed by atoms with Crippen LogP contribution in [0.25, 0.3) is 0 Å². The molecule has 2 aromatic rings. The second-order valence-electron chi connectivity index (χ2n) is 6.50. The number of rotatable bonds is 5. The van der Waals surface area contributed by atoms with Gasteiger partial charge in [-0.2, -0.15) is 9.40 Å². The van der Waals surface area contributed by atoms with E-state index in [-0.39, 0.29) is 5.56 Å². The van der Waals surface area contributed by atoms with Crippen molar-refractivity contribution >= 4 is 21.7 Å². The van der Waals surface area contributed by atoms with Gasteiger partial charge in [-0.3, -0.25) is 14.4 Å². The number of carbonyl (C=O) groups excluding carboxylic acids is 1. The molecule has 0 spiro atoms. The number of halogens is 2. The quantitative estimate of drug-likeness (QED) is 0.768. The van der Waals surface area contributed by atoms with E-state index in [4.69, 9.17) is 0 Å². The summed E-state index contributed by atoms with van der Waals surface area (Å²) >= 11 is 0. The molecule has 1 amide bonds. The Balaban J connectivity index is 1.94. The molecular formula is C17H20F2N4O3S. The molecule has 0 N–H and O–H groups in total. The lowest BCUT2D eigenvalue weighted by Crippen LogP contribution is -2.54. The number of amides is 1. The summed E-state index contributed by atoms with van der Waals surface area (Å²) in [5.74, 6) is -1.26. The average molecular weight is 398 g/mol. The van der Waals surface area contributed by atoms with Crippen molar-refractivity contribution in [2.24, 2.45) is 7.05 Å². The Bertz CT molecular complexity index is 961. The van der Waals surface area contributed by atoms with Crippen LogP contribution in [0.2, 0.25) is 0 Å². The third-order valence-electron chi connectivity index (χ3n) is 4.59. The van der Waals surface area contributed by atoms with Gasteiger partial charge >= 0.3 is 0 Å². The molecule has 0 saturated carbocycles. The van der Waals surface area contributed by atoms with Gasteiger partial charge in [0.15, 0.2) is 0 Å². The van der Waals surface area contributed by atoms with Crippen LogP contribution in [0, 0.1) is 11.6 Å². The zero-order valence-electron chi connectivity index (χ0n) is 15.0. The molecule has 0 aliphatic carbocycles. The smallest absolute Gasteiger partial charge is 0.246 e. The second kappa shape index (κ2) is 7.35. The highest BCUT2D eigenvalue weighted by Crippen LogP contribution is 2.26. The van der Waals surface area contributed by atoms with Crippen LogP contribution in [0.4, 0.5) is 14.6 Å². The van der Waals surface area contributed by atoms with E-state index in [1.54, 1.807) is 19.3 Å². The van der Waals surface area contributed by atoms with Crippen LogP contribution >= 0.6 is 0 Å². The molecule has 1 saturated heterocycles. The summed E-state index contributed by atoms with van der Waals surface area (Å²) < 4.78 is 54.7. The lowest BCUT2D eigenvalue weighted by Gasteiger charge is -2.37. The molecule has 2 heterocycles. The van der Waals surface area contributed by atoms with E-state index < -0.39 is 40.2 Å². The summed E-state index contributed by atoms with van der Waals surface area (Å²) in [7, 11) is -2.17. The first-order valence-corrected chi connectivity index (χ1v) is 10.2. The fraction of sp³-hybridized carbons (Fsp3) is 0.412. The minimum Gasteiger partial charge on any atom is -0.296 e. The molecule has 1 aromatic heterocycles. The standard InChI is InChI=1S/C17H20F2N4O3S/c1-21-16(7-8-20-21)22-9-3-4-15(17(22)24)23(27(2,25)26)11-12-10-13(18)5-6-14(12)19/h5-8,10,15H,3-4,9,11H2,1-2H3. The lowest BCUT2D eigenvalue weighted by molar-refractivity contribution is -0.123. The molecule has 0 radical (unpaired) electrons. The van der Waals surface area contributed by atoms with Gasteiger partial charge in [-0.15, -0.1) is 0 Å². The second-order valence-corrected chi connectivity index (χ2v) is 8.44. The molecule has 1 aromatic carbocycles. The summed E-state index contributed by atoms with van der Waals surface area (Å²) in [5.41, 5.74) is -0.120. The molecule has 27 heavy (non-hydrogen) atoms. The molecule has 0 bridgehead atoms. The number of anilines is 1. The van der Waals surface area contributed by atoms with Crippen molar-refractivity contribution in [2.75, 3.05) is 17.7 Å². The highest BCUT2D eigenvalue weighted by molar-refractivity contribution is 7.88. The lowest BCUT2D eigenvalue weighted by atomic mass is 10.0. The van der Waals surface area contributed by atoms with Gasteiger partial charge in [0.25, 0.3) is 0 Å². The van der Waals surface area contributed by atoms with Gasteiger partial charge in [-0.25, -0.2) is 17.2 Å². The first kappa shape index (κ1) is 19.4. The molecule has 3 rings (SSSR count). The van der Waals surface area contributed by atoms with Crippen LogP contribution in [0.3, 0.4) is 0 Å². The largest absolute Gasteiger partial charge is 0.296 e. The molecule has 1 aliphatic heterocycles. The number of carbonyl (C=O) groups is 1.